The molecule has 0 aliphatic carbocycles. The van der Waals surface area contributed by atoms with Gasteiger partial charge in [0.2, 0.25) is 0 Å². The molecule has 4 rings (SSSR count). The van der Waals surface area contributed by atoms with Gasteiger partial charge in [-0.25, -0.2) is 0 Å². The van der Waals surface area contributed by atoms with Crippen LogP contribution in [0.3, 0.4) is 0 Å². The first kappa shape index (κ1) is 27.6. The van der Waals surface area contributed by atoms with Crippen LogP contribution in [0.1, 0.15) is 48.4 Å². The van der Waals surface area contributed by atoms with Crippen LogP contribution in [-0.4, -0.2) is 50.4 Å². The normalized spacial score (nSPS) is 17.3. The number of amides is 1. The highest BCUT2D eigenvalue weighted by Crippen LogP contribution is 2.37. The van der Waals surface area contributed by atoms with Gasteiger partial charge in [0.25, 0.3) is 11.5 Å². The highest BCUT2D eigenvalue weighted by molar-refractivity contribution is 8.26. The van der Waals surface area contributed by atoms with E-state index in [-0.39, 0.29) is 30.0 Å². The third-order valence-corrected chi connectivity index (χ3v) is 8.52. The fraction of sp³-hybridized carbons (Fsp3) is 0.393. The average molecular weight is 551 g/mol. The number of benzene rings is 1. The molecule has 1 N–H and O–H groups in total. The molecule has 2 fully saturated rings. The van der Waals surface area contributed by atoms with Gasteiger partial charge in [-0.3, -0.25) is 23.9 Å². The number of carboxylic acid groups (broad SMARTS) is 1. The van der Waals surface area contributed by atoms with E-state index < -0.39 is 5.97 Å². The molecule has 0 spiro atoms. The number of carbonyl (C=O) groups is 2. The molecule has 198 valence electrons. The van der Waals surface area contributed by atoms with E-state index >= 15 is 0 Å². The van der Waals surface area contributed by atoms with Gasteiger partial charge in [0.1, 0.15) is 21.8 Å². The molecule has 0 atom stereocenters. The van der Waals surface area contributed by atoms with Gasteiger partial charge in [-0.2, -0.15) is 5.26 Å². The lowest BCUT2D eigenvalue weighted by atomic mass is 9.90. The van der Waals surface area contributed by atoms with Crippen molar-refractivity contribution in [3.8, 4) is 6.07 Å². The monoisotopic (exact) mass is 550 g/mol. The molecular weight excluding hydrogens is 520 g/mol. The number of carboxylic acids is 1. The van der Waals surface area contributed by atoms with Gasteiger partial charge < -0.3 is 10.0 Å². The van der Waals surface area contributed by atoms with Crippen LogP contribution in [0.2, 0.25) is 0 Å². The second-order valence-corrected chi connectivity index (χ2v) is 11.2. The largest absolute Gasteiger partial charge is 0.481 e. The van der Waals surface area contributed by atoms with Crippen LogP contribution < -0.4 is 10.5 Å². The summed E-state index contributed by atoms with van der Waals surface area (Å²) in [6, 6.07) is 12.5. The maximum Gasteiger partial charge on any atom is 0.305 e. The van der Waals surface area contributed by atoms with Crippen molar-refractivity contribution in [3.63, 3.8) is 0 Å². The van der Waals surface area contributed by atoms with Gasteiger partial charge in [-0.15, -0.1) is 0 Å². The predicted molar refractivity (Wildman–Crippen MR) is 153 cm³/mol. The lowest BCUT2D eigenvalue weighted by Crippen LogP contribution is -2.39. The Bertz CT molecular complexity index is 1390. The molecule has 1 aromatic carbocycles. The summed E-state index contributed by atoms with van der Waals surface area (Å²) < 4.78 is 1.92. The minimum atomic E-state index is -1.01. The fourth-order valence-corrected chi connectivity index (χ4v) is 6.40. The number of pyridine rings is 1. The van der Waals surface area contributed by atoms with Crippen molar-refractivity contribution in [2.75, 3.05) is 24.5 Å². The van der Waals surface area contributed by atoms with E-state index in [4.69, 9.17) is 17.3 Å². The highest BCUT2D eigenvalue weighted by Gasteiger charge is 2.34. The van der Waals surface area contributed by atoms with E-state index in [1.165, 1.54) is 10.5 Å². The Morgan fingerprint density at radius 3 is 2.53 bits per heavy atom. The predicted octanol–water partition coefficient (Wildman–Crippen LogP) is 4.18. The first-order valence-electron chi connectivity index (χ1n) is 12.7. The lowest BCUT2D eigenvalue weighted by Gasteiger charge is -2.36. The summed E-state index contributed by atoms with van der Waals surface area (Å²) in [6.07, 6.45) is 4.44. The molecule has 2 aromatic rings. The molecule has 2 aliphatic heterocycles. The van der Waals surface area contributed by atoms with E-state index in [9.17, 15) is 19.6 Å². The van der Waals surface area contributed by atoms with Gasteiger partial charge in [-0.1, -0.05) is 54.3 Å². The Kier molecular flexibility index (Phi) is 8.69. The second-order valence-electron chi connectivity index (χ2n) is 9.50. The van der Waals surface area contributed by atoms with Crippen molar-refractivity contribution in [1.82, 2.24) is 9.47 Å². The smallest absolute Gasteiger partial charge is 0.305 e. The number of rotatable bonds is 8. The SMILES string of the molecule is CCn1c(N2CCC(Cc3ccccc3)CC2)c(/C=C2\SC(=S)N(CCC(=O)O)C2=O)c(C)c(C#N)c1=O. The van der Waals surface area contributed by atoms with E-state index in [2.05, 4.69) is 35.2 Å². The number of thioether (sulfide) groups is 1. The van der Waals surface area contributed by atoms with E-state index in [0.717, 1.165) is 44.1 Å². The zero-order valence-corrected chi connectivity index (χ0v) is 23.1. The molecular formula is C28H30N4O4S2. The summed E-state index contributed by atoms with van der Waals surface area (Å²) in [5.41, 5.74) is 2.22. The maximum absolute atomic E-state index is 13.3. The lowest BCUT2D eigenvalue weighted by molar-refractivity contribution is -0.137. The van der Waals surface area contributed by atoms with Crippen molar-refractivity contribution < 1.29 is 14.7 Å². The van der Waals surface area contributed by atoms with Crippen molar-refractivity contribution in [1.29, 1.82) is 5.26 Å². The fourth-order valence-electron chi connectivity index (χ4n) is 5.11. The maximum atomic E-state index is 13.3. The summed E-state index contributed by atoms with van der Waals surface area (Å²) in [6.45, 7) is 5.50. The number of piperidine rings is 1. The van der Waals surface area contributed by atoms with Gasteiger partial charge in [0, 0.05) is 31.7 Å². The molecule has 2 saturated heterocycles. The van der Waals surface area contributed by atoms with Crippen LogP contribution >= 0.6 is 24.0 Å². The molecule has 8 nitrogen and oxygen atoms in total. The number of carbonyl (C=O) groups excluding carboxylic acids is 1. The Morgan fingerprint density at radius 2 is 1.92 bits per heavy atom. The third-order valence-electron chi connectivity index (χ3n) is 7.14. The molecule has 0 saturated carbocycles. The van der Waals surface area contributed by atoms with Crippen LogP contribution in [0.25, 0.3) is 6.08 Å². The van der Waals surface area contributed by atoms with Crippen LogP contribution in [-0.2, 0) is 22.6 Å². The molecule has 0 bridgehead atoms. The number of aliphatic carboxylic acids is 1. The molecule has 0 radical (unpaired) electrons. The van der Waals surface area contributed by atoms with Gasteiger partial charge in [0.05, 0.1) is 11.3 Å². The minimum absolute atomic E-state index is 0.00396. The topological polar surface area (TPSA) is 107 Å². The number of hydrogen-bond donors (Lipinski definition) is 1. The molecule has 38 heavy (non-hydrogen) atoms. The number of thiocarbonyl (C=S) groups is 1. The summed E-state index contributed by atoms with van der Waals surface area (Å²) in [5, 5.41) is 18.8. The zero-order valence-electron chi connectivity index (χ0n) is 21.5. The second kappa shape index (κ2) is 12.0. The minimum Gasteiger partial charge on any atom is -0.481 e. The molecule has 10 heteroatoms. The summed E-state index contributed by atoms with van der Waals surface area (Å²) >= 11 is 6.47. The van der Waals surface area contributed by atoms with E-state index in [1.807, 2.05) is 13.0 Å². The van der Waals surface area contributed by atoms with Gasteiger partial charge >= 0.3 is 5.97 Å². The molecule has 2 aliphatic rings. The van der Waals surface area contributed by atoms with Gasteiger partial charge in [-0.05, 0) is 56.2 Å². The van der Waals surface area contributed by atoms with Crippen LogP contribution in [0.4, 0.5) is 5.82 Å². The molecule has 0 unspecified atom stereocenters. The van der Waals surface area contributed by atoms with Crippen molar-refractivity contribution in [3.05, 3.63) is 67.8 Å². The van der Waals surface area contributed by atoms with Crippen LogP contribution in [0.15, 0.2) is 40.0 Å². The summed E-state index contributed by atoms with van der Waals surface area (Å²) in [7, 11) is 0. The van der Waals surface area contributed by atoms with Crippen LogP contribution in [0, 0.1) is 24.2 Å². The summed E-state index contributed by atoms with van der Waals surface area (Å²) in [4.78, 5) is 41.3. The number of nitriles is 1. The number of hydrogen-bond acceptors (Lipinski definition) is 7. The molecule has 1 amide bonds. The van der Waals surface area contributed by atoms with Crippen molar-refractivity contribution in [2.24, 2.45) is 5.92 Å². The zero-order chi connectivity index (χ0) is 27.4. The third kappa shape index (κ3) is 5.69. The number of nitrogens with zero attached hydrogens (tertiary/aromatic N) is 4. The quantitative estimate of drug-likeness (QED) is 0.385. The Labute approximate surface area is 231 Å². The number of anilines is 1. The van der Waals surface area contributed by atoms with Gasteiger partial charge in [0.15, 0.2) is 0 Å². The van der Waals surface area contributed by atoms with E-state index in [1.54, 1.807) is 17.6 Å². The standard InChI is InChI=1S/C28H30N4O4S2/c1-3-31-25(30-12-9-20(10-13-30)15-19-7-5-4-6-8-19)21(18(2)22(17-29)26(31)35)16-23-27(36)32(28(37)38-23)14-11-24(33)34/h4-8,16,20H,3,9-15H2,1-2H3,(H,33,34)/b23-16-. The highest BCUT2D eigenvalue weighted by atomic mass is 32.2. The first-order valence-corrected chi connectivity index (χ1v) is 13.9. The summed E-state index contributed by atoms with van der Waals surface area (Å²) in [5.74, 6) is -0.127. The first-order chi connectivity index (χ1) is 18.2. The Morgan fingerprint density at radius 1 is 1.24 bits per heavy atom. The Hall–Kier alpha value is -3.42. The van der Waals surface area contributed by atoms with E-state index in [0.29, 0.717) is 38.6 Å². The number of aromatic nitrogens is 1. The average Bonchev–Trinajstić information content (AvgIpc) is 3.17. The molecule has 1 aromatic heterocycles. The van der Waals surface area contributed by atoms with Crippen molar-refractivity contribution in [2.45, 2.75) is 46.1 Å². The Balaban J connectivity index is 1.69. The van der Waals surface area contributed by atoms with Crippen molar-refractivity contribution >= 4 is 52.1 Å². The van der Waals surface area contributed by atoms with Crippen LogP contribution in [0.5, 0.6) is 0 Å². The molecule has 3 heterocycles.